The van der Waals surface area contributed by atoms with Gasteiger partial charge in [0.1, 0.15) is 50.8 Å². The van der Waals surface area contributed by atoms with E-state index in [4.69, 9.17) is 60.1 Å². The standard InChI is InChI=1S/C25H24F2N2O5.C21H26N2O4.2C18H22N2O4.C7H3ClF2O.C4H8O/c1-25(2)13-29(23(32)14-7-8-18(26)19(27)9-14)10-17(24(33)34-12-15(31)11-30)22-21(25)16-5-3-4-6-20(16)28-22;1-20(2)12-22-9-15(18-17(20)14-7-5-6-8-16(14)23-18)19(24)25-10-13-11-26-21(3,4)27-13;2*1-18(2)10-19-7-13(17(23)24-9-11(22)8-21)16-15(18)12-5-3-4-6-14(12)20-16;8-7(11)4-1-2-5(9)6(10)3-4;1-2-4-5-3-1/h3-10,15,28,30-31H,11-13H2,1-2H3;5-9,13,22-23H,10-12H2,1-4H3;2*3-7,11,19-22H,8-10H2,1-2H3;1-3H;1-4H2/t15-;;2*11-;;/m0.00../s1. The molecule has 4 aromatic heterocycles. The van der Waals surface area contributed by atoms with Gasteiger partial charge in [-0.2, -0.15) is 0 Å². The minimum absolute atomic E-state index is 0.0258. The molecule has 10 heterocycles. The number of halogens is 5. The monoisotopic (exact) mass is 1750 g/mol. The van der Waals surface area contributed by atoms with E-state index in [0.29, 0.717) is 42.1 Å². The normalized spacial score (nSPS) is 17.9. The first-order chi connectivity index (χ1) is 59.4. The fourth-order valence-electron chi connectivity index (χ4n) is 15.4. The van der Waals surface area contributed by atoms with Crippen molar-refractivity contribution in [2.75, 3.05) is 92.2 Å². The molecule has 1 unspecified atom stereocenters. The van der Waals surface area contributed by atoms with Gasteiger partial charge in [0.25, 0.3) is 11.1 Å². The van der Waals surface area contributed by atoms with Crippen molar-refractivity contribution in [2.45, 2.75) is 134 Å². The van der Waals surface area contributed by atoms with Crippen molar-refractivity contribution in [1.82, 2.24) is 40.8 Å². The number of hydrogen-bond donors (Lipinski definition) is 13. The number of para-hydroxylation sites is 4. The summed E-state index contributed by atoms with van der Waals surface area (Å²) in [6.07, 6.45) is 5.27. The van der Waals surface area contributed by atoms with Gasteiger partial charge < -0.3 is 105 Å². The predicted octanol–water partition coefficient (Wildman–Crippen LogP) is 11.9. The SMILES string of the molecule is C1CCOC1.CC1(C)CN(C(=O)c2ccc(F)c(F)c2)C=C(C(=O)OC[C@@H](O)CO)c2[nH]c3ccccc3c21.CC1(C)CNC=C(C(=O)OC[C@@H](O)CO)c2[nH]c3ccccc3c21.CC1(C)CNC=C(C(=O)OC[C@@H](O)CO)c2[nH]c3ccccc3c21.CC1(C)OCC(COC(=O)C2=CNCC(C)(C)c3c2[nH]c2ccccc32)O1.O=C(Cl)c1ccc(F)c(F)c1. The van der Waals surface area contributed by atoms with Crippen molar-refractivity contribution >= 4 is 113 Å². The Labute approximate surface area is 723 Å². The number of nitrogens with zero attached hydrogens (tertiary/aromatic N) is 1. The molecule has 2 saturated heterocycles. The number of esters is 4. The molecule has 0 spiro atoms. The lowest BCUT2D eigenvalue weighted by Gasteiger charge is -2.29. The molecule has 666 valence electrons. The minimum atomic E-state index is -1.26. The number of nitrogens with one attached hydrogen (secondary N) is 7. The van der Waals surface area contributed by atoms with Crippen LogP contribution in [-0.4, -0.2) is 213 Å². The van der Waals surface area contributed by atoms with Crippen LogP contribution in [0.1, 0.15) is 148 Å². The van der Waals surface area contributed by atoms with Gasteiger partial charge in [-0.25, -0.2) is 36.7 Å². The number of benzene rings is 6. The van der Waals surface area contributed by atoms with Gasteiger partial charge in [-0.3, -0.25) is 9.59 Å². The summed E-state index contributed by atoms with van der Waals surface area (Å²) < 4.78 is 89.0. The highest BCUT2D eigenvalue weighted by Crippen LogP contribution is 2.44. The molecule has 6 aliphatic rings. The maximum absolute atomic E-state index is 13.8. The number of ether oxygens (including phenoxy) is 7. The molecule has 2 fully saturated rings. The maximum Gasteiger partial charge on any atom is 0.341 e. The molecule has 1 amide bonds. The highest BCUT2D eigenvalue weighted by molar-refractivity contribution is 6.67. The fourth-order valence-corrected chi connectivity index (χ4v) is 15.5. The highest BCUT2D eigenvalue weighted by Gasteiger charge is 2.41. The van der Waals surface area contributed by atoms with Crippen molar-refractivity contribution in [1.29, 1.82) is 0 Å². The van der Waals surface area contributed by atoms with E-state index in [1.165, 1.54) is 30.0 Å². The molecule has 0 aliphatic carbocycles. The topological polar surface area (TPSA) is 391 Å². The van der Waals surface area contributed by atoms with Crippen LogP contribution in [0.5, 0.6) is 0 Å². The molecular weight excluding hydrogens is 1640 g/mol. The van der Waals surface area contributed by atoms with Crippen LogP contribution in [0.2, 0.25) is 0 Å². The molecular formula is C93H105ClF4N8O19. The number of aromatic nitrogens is 4. The second-order valence-corrected chi connectivity index (χ2v) is 34.1. The van der Waals surface area contributed by atoms with Crippen LogP contribution in [0, 0.1) is 23.3 Å². The molecule has 4 atom stereocenters. The number of fused-ring (bicyclic) bond motifs is 12. The Morgan fingerprint density at radius 3 is 1.13 bits per heavy atom. The molecule has 32 heteroatoms. The highest BCUT2D eigenvalue weighted by atomic mass is 35.5. The first-order valence-corrected chi connectivity index (χ1v) is 41.1. The van der Waals surface area contributed by atoms with Gasteiger partial charge in [0.05, 0.1) is 71.5 Å². The fraction of sp³-hybridized carbons (Fsp3) is 0.376. The van der Waals surface area contributed by atoms with Crippen LogP contribution < -0.4 is 16.0 Å². The van der Waals surface area contributed by atoms with E-state index in [1.807, 2.05) is 119 Å². The molecule has 125 heavy (non-hydrogen) atoms. The summed E-state index contributed by atoms with van der Waals surface area (Å²) in [5.74, 6) is -7.82. The summed E-state index contributed by atoms with van der Waals surface area (Å²) in [6, 6.07) is 37.1. The van der Waals surface area contributed by atoms with Gasteiger partial charge in [0.15, 0.2) is 29.1 Å². The van der Waals surface area contributed by atoms with E-state index in [-0.39, 0.29) is 71.4 Å². The molecule has 0 saturated carbocycles. The van der Waals surface area contributed by atoms with Crippen LogP contribution in [0.25, 0.3) is 65.9 Å². The molecule has 10 aromatic rings. The smallest absolute Gasteiger partial charge is 0.341 e. The third kappa shape index (κ3) is 22.6. The summed E-state index contributed by atoms with van der Waals surface area (Å²) in [5, 5.41) is 68.1. The number of aliphatic hydroxyl groups is 6. The third-order valence-electron chi connectivity index (χ3n) is 21.4. The average molecular weight is 1750 g/mol. The van der Waals surface area contributed by atoms with E-state index in [1.54, 1.807) is 18.6 Å². The predicted molar refractivity (Wildman–Crippen MR) is 463 cm³/mol. The Hall–Kier alpha value is -11.5. The van der Waals surface area contributed by atoms with Crippen molar-refractivity contribution in [2.24, 2.45) is 0 Å². The van der Waals surface area contributed by atoms with E-state index in [0.717, 1.165) is 133 Å². The summed E-state index contributed by atoms with van der Waals surface area (Å²) in [7, 11) is 0. The molecule has 0 radical (unpaired) electrons. The second-order valence-electron chi connectivity index (χ2n) is 33.7. The summed E-state index contributed by atoms with van der Waals surface area (Å²) in [5.41, 5.74) is 10.5. The van der Waals surface area contributed by atoms with Crippen LogP contribution in [0.3, 0.4) is 0 Å². The van der Waals surface area contributed by atoms with Gasteiger partial charge in [-0.05, 0) is 121 Å². The van der Waals surface area contributed by atoms with Crippen LogP contribution in [0.4, 0.5) is 17.6 Å². The largest absolute Gasteiger partial charge is 0.459 e. The van der Waals surface area contributed by atoms with Crippen molar-refractivity contribution < 1.29 is 110 Å². The quantitative estimate of drug-likeness (QED) is 0.0174. The Bertz CT molecular complexity index is 5580. The van der Waals surface area contributed by atoms with Gasteiger partial charge in [-0.15, -0.1) is 0 Å². The first-order valence-electron chi connectivity index (χ1n) is 40.7. The van der Waals surface area contributed by atoms with Crippen molar-refractivity contribution in [3.05, 3.63) is 238 Å². The lowest BCUT2D eigenvalue weighted by molar-refractivity contribution is -0.154. The van der Waals surface area contributed by atoms with Crippen LogP contribution in [-0.2, 0) is 74.0 Å². The molecule has 27 nitrogen and oxygen atoms in total. The number of aromatic amines is 4. The van der Waals surface area contributed by atoms with E-state index in [9.17, 15) is 61.6 Å². The summed E-state index contributed by atoms with van der Waals surface area (Å²) in [6.45, 7) is 22.8. The lowest BCUT2D eigenvalue weighted by Crippen LogP contribution is -2.37. The van der Waals surface area contributed by atoms with Crippen LogP contribution in [0.15, 0.2) is 158 Å². The minimum Gasteiger partial charge on any atom is -0.459 e. The van der Waals surface area contributed by atoms with Gasteiger partial charge in [-0.1, -0.05) is 128 Å². The Morgan fingerprint density at radius 1 is 0.456 bits per heavy atom. The third-order valence-corrected chi connectivity index (χ3v) is 21.7. The maximum atomic E-state index is 13.8. The Kier molecular flexibility index (Phi) is 30.6. The van der Waals surface area contributed by atoms with Crippen LogP contribution >= 0.6 is 11.6 Å². The van der Waals surface area contributed by atoms with Crippen molar-refractivity contribution in [3.8, 4) is 0 Å². The molecule has 0 bridgehead atoms. The second kappa shape index (κ2) is 40.7. The van der Waals surface area contributed by atoms with Gasteiger partial charge in [0, 0.05) is 141 Å². The summed E-state index contributed by atoms with van der Waals surface area (Å²) in [4.78, 5) is 89.1. The number of carbonyl (C=O) groups excluding carboxylic acids is 6. The van der Waals surface area contributed by atoms with Gasteiger partial charge >= 0.3 is 23.9 Å². The van der Waals surface area contributed by atoms with E-state index < -0.39 is 108 Å². The number of carbonyl (C=O) groups is 6. The van der Waals surface area contributed by atoms with Crippen molar-refractivity contribution in [3.63, 3.8) is 0 Å². The lowest BCUT2D eigenvalue weighted by atomic mass is 9.81. The van der Waals surface area contributed by atoms with Gasteiger partial charge in [0.2, 0.25) is 0 Å². The molecule has 13 N–H and O–H groups in total. The summed E-state index contributed by atoms with van der Waals surface area (Å²) >= 11 is 5.00. The number of aliphatic hydroxyl groups excluding tert-OH is 6. The Morgan fingerprint density at radius 2 is 0.792 bits per heavy atom. The molecule has 6 aromatic carbocycles. The average Bonchev–Trinajstić information content (AvgIpc) is 1.61. The first kappa shape index (κ1) is 94.2. The molecule has 6 aliphatic heterocycles. The number of rotatable bonds is 17. The number of H-pyrrole nitrogens is 4. The number of hydrogen-bond acceptors (Lipinski definition) is 22. The Balaban J connectivity index is 0.000000154. The zero-order valence-corrected chi connectivity index (χ0v) is 71.7. The zero-order valence-electron chi connectivity index (χ0n) is 71.0. The van der Waals surface area contributed by atoms with E-state index >= 15 is 0 Å². The van der Waals surface area contributed by atoms with E-state index in [2.05, 4.69) is 83.5 Å². The zero-order chi connectivity index (χ0) is 90.5. The number of amides is 1. The molecule has 16 rings (SSSR count).